The predicted molar refractivity (Wildman–Crippen MR) is 103 cm³/mol. The molecular formula is C19H18N4O4S. The summed E-state index contributed by atoms with van der Waals surface area (Å²) in [7, 11) is 0. The minimum absolute atomic E-state index is 0.318. The van der Waals surface area contributed by atoms with Crippen molar-refractivity contribution in [2.45, 2.75) is 24.8 Å². The zero-order chi connectivity index (χ0) is 19.9. The average molecular weight is 398 g/mol. The number of nitrogens with two attached hydrogens (primary N) is 1. The van der Waals surface area contributed by atoms with Gasteiger partial charge in [-0.15, -0.1) is 11.3 Å². The second-order valence-corrected chi connectivity index (χ2v) is 7.83. The third-order valence-corrected chi connectivity index (χ3v) is 6.07. The normalized spacial score (nSPS) is 20.8. The lowest BCUT2D eigenvalue weighted by atomic mass is 9.80. The third-order valence-electron chi connectivity index (χ3n) is 5.09. The van der Waals surface area contributed by atoms with E-state index in [0.29, 0.717) is 17.7 Å². The summed E-state index contributed by atoms with van der Waals surface area (Å²) in [6.45, 7) is -0.385. The Labute approximate surface area is 164 Å². The Balaban J connectivity index is 1.48. The molecule has 28 heavy (non-hydrogen) atoms. The van der Waals surface area contributed by atoms with Crippen LogP contribution in [0.3, 0.4) is 0 Å². The molecule has 144 valence electrons. The maximum absolute atomic E-state index is 13.1. The van der Waals surface area contributed by atoms with Gasteiger partial charge in [-0.2, -0.15) is 0 Å². The van der Waals surface area contributed by atoms with Crippen molar-refractivity contribution in [1.82, 2.24) is 10.2 Å². The molecule has 9 heteroatoms. The summed E-state index contributed by atoms with van der Waals surface area (Å²) in [5.41, 5.74) is 5.72. The van der Waals surface area contributed by atoms with Gasteiger partial charge in [-0.1, -0.05) is 0 Å². The maximum atomic E-state index is 13.1. The quantitative estimate of drug-likeness (QED) is 0.677. The van der Waals surface area contributed by atoms with Crippen LogP contribution in [-0.4, -0.2) is 35.2 Å². The molecule has 1 aliphatic carbocycles. The number of hydrogen-bond acceptors (Lipinski definition) is 5. The van der Waals surface area contributed by atoms with Crippen LogP contribution in [-0.2, 0) is 21.5 Å². The van der Waals surface area contributed by atoms with Gasteiger partial charge in [0, 0.05) is 21.7 Å². The molecule has 0 saturated carbocycles. The Hall–Kier alpha value is -3.20. The number of carbonyl (C=O) groups is 4. The largest absolute Gasteiger partial charge is 0.366 e. The lowest BCUT2D eigenvalue weighted by molar-refractivity contribution is -0.134. The van der Waals surface area contributed by atoms with Gasteiger partial charge in [-0.3, -0.25) is 19.3 Å². The number of primary amides is 1. The van der Waals surface area contributed by atoms with E-state index in [1.807, 2.05) is 11.4 Å². The highest BCUT2D eigenvalue weighted by Gasteiger charge is 2.54. The molecule has 4 N–H and O–H groups in total. The van der Waals surface area contributed by atoms with Crippen molar-refractivity contribution in [2.24, 2.45) is 5.73 Å². The van der Waals surface area contributed by atoms with E-state index in [4.69, 9.17) is 5.73 Å². The van der Waals surface area contributed by atoms with E-state index >= 15 is 0 Å². The van der Waals surface area contributed by atoms with Crippen LogP contribution >= 0.6 is 11.3 Å². The third kappa shape index (κ3) is 2.93. The van der Waals surface area contributed by atoms with Crippen LogP contribution in [0.1, 0.15) is 33.6 Å². The first kappa shape index (κ1) is 18.2. The van der Waals surface area contributed by atoms with E-state index in [2.05, 4.69) is 10.6 Å². The fourth-order valence-electron chi connectivity index (χ4n) is 3.75. The van der Waals surface area contributed by atoms with Crippen LogP contribution in [0.15, 0.2) is 35.7 Å². The van der Waals surface area contributed by atoms with Crippen LogP contribution in [0, 0.1) is 0 Å². The number of thiophene rings is 1. The van der Waals surface area contributed by atoms with Gasteiger partial charge < -0.3 is 16.4 Å². The molecule has 1 spiro atoms. The fourth-order valence-corrected chi connectivity index (χ4v) is 4.75. The molecule has 1 atom stereocenters. The van der Waals surface area contributed by atoms with E-state index < -0.39 is 29.3 Å². The zero-order valence-electron chi connectivity index (χ0n) is 14.9. The first-order valence-corrected chi connectivity index (χ1v) is 9.69. The monoisotopic (exact) mass is 398 g/mol. The number of carbonyl (C=O) groups excluding carboxylic acids is 4. The van der Waals surface area contributed by atoms with E-state index in [0.717, 1.165) is 28.2 Å². The highest BCUT2D eigenvalue weighted by atomic mass is 32.1. The Morgan fingerprint density at radius 3 is 2.68 bits per heavy atom. The summed E-state index contributed by atoms with van der Waals surface area (Å²) in [6, 6.07) is 7.35. The van der Waals surface area contributed by atoms with Gasteiger partial charge in [0.05, 0.1) is 0 Å². The number of anilines is 1. The smallest absolute Gasteiger partial charge is 0.325 e. The van der Waals surface area contributed by atoms with E-state index in [9.17, 15) is 19.2 Å². The number of urea groups is 1. The second-order valence-electron chi connectivity index (χ2n) is 6.83. The number of benzene rings is 1. The first-order valence-electron chi connectivity index (χ1n) is 8.81. The van der Waals surface area contributed by atoms with E-state index in [1.165, 1.54) is 24.3 Å². The van der Waals surface area contributed by atoms with Gasteiger partial charge in [0.15, 0.2) is 0 Å². The minimum Gasteiger partial charge on any atom is -0.366 e. The molecule has 1 aliphatic heterocycles. The van der Waals surface area contributed by atoms with Gasteiger partial charge in [-0.25, -0.2) is 4.79 Å². The van der Waals surface area contributed by atoms with Crippen molar-refractivity contribution in [3.63, 3.8) is 0 Å². The highest BCUT2D eigenvalue weighted by molar-refractivity contribution is 7.10. The Kier molecular flexibility index (Phi) is 4.38. The number of nitrogens with zero attached hydrogens (tertiary/aromatic N) is 1. The van der Waals surface area contributed by atoms with Crippen LogP contribution in [0.25, 0.3) is 0 Å². The van der Waals surface area contributed by atoms with Gasteiger partial charge in [0.1, 0.15) is 12.1 Å². The van der Waals surface area contributed by atoms with Gasteiger partial charge in [-0.05, 0) is 55.0 Å². The molecule has 0 radical (unpaired) electrons. The lowest BCUT2D eigenvalue weighted by Crippen LogP contribution is -2.46. The summed E-state index contributed by atoms with van der Waals surface area (Å²) in [6.07, 6.45) is 2.21. The maximum Gasteiger partial charge on any atom is 0.325 e. The minimum atomic E-state index is -1.06. The molecule has 1 fully saturated rings. The fraction of sp³-hybridized carbons (Fsp3) is 0.263. The predicted octanol–water partition coefficient (Wildman–Crippen LogP) is 1.57. The molecule has 1 aromatic heterocycles. The van der Waals surface area contributed by atoms with Crippen molar-refractivity contribution in [3.05, 3.63) is 51.7 Å². The molecule has 2 aliphatic rings. The van der Waals surface area contributed by atoms with Gasteiger partial charge in [0.25, 0.3) is 5.91 Å². The molecule has 0 unspecified atom stereocenters. The number of fused-ring (bicyclic) bond motifs is 2. The number of rotatable bonds is 4. The lowest BCUT2D eigenvalue weighted by Gasteiger charge is -2.31. The average Bonchev–Trinajstić information content (AvgIpc) is 3.23. The molecule has 4 rings (SSSR count). The van der Waals surface area contributed by atoms with Crippen LogP contribution < -0.4 is 16.4 Å². The molecule has 2 aromatic rings. The van der Waals surface area contributed by atoms with Crippen molar-refractivity contribution < 1.29 is 19.2 Å². The van der Waals surface area contributed by atoms with E-state index in [1.54, 1.807) is 11.3 Å². The second kappa shape index (κ2) is 6.75. The molecule has 1 aromatic carbocycles. The zero-order valence-corrected chi connectivity index (χ0v) is 15.7. The van der Waals surface area contributed by atoms with Crippen molar-refractivity contribution in [1.29, 1.82) is 0 Å². The summed E-state index contributed by atoms with van der Waals surface area (Å²) < 4.78 is 0. The summed E-state index contributed by atoms with van der Waals surface area (Å²) in [5, 5.41) is 7.35. The van der Waals surface area contributed by atoms with E-state index in [-0.39, 0.29) is 6.54 Å². The van der Waals surface area contributed by atoms with Crippen LogP contribution in [0.5, 0.6) is 0 Å². The Bertz CT molecular complexity index is 984. The van der Waals surface area contributed by atoms with Gasteiger partial charge in [0.2, 0.25) is 11.8 Å². The highest BCUT2D eigenvalue weighted by Crippen LogP contribution is 2.42. The summed E-state index contributed by atoms with van der Waals surface area (Å²) in [5.74, 6) is -1.47. The number of amides is 5. The topological polar surface area (TPSA) is 122 Å². The van der Waals surface area contributed by atoms with Crippen molar-refractivity contribution >= 4 is 40.8 Å². The molecular weight excluding hydrogens is 380 g/mol. The van der Waals surface area contributed by atoms with Crippen LogP contribution in [0.2, 0.25) is 0 Å². The molecule has 5 amide bonds. The standard InChI is InChI=1S/C19H18N4O4S/c20-16(25)11-3-5-12(6-4-11)21-15(24)10-23-17(26)19(22-18(23)27)8-1-2-14-13(19)7-9-28-14/h3-7,9H,1-2,8,10H2,(H2,20,25)(H,21,24)(H,22,27)/t19-/m1/s1. The van der Waals surface area contributed by atoms with Crippen molar-refractivity contribution in [2.75, 3.05) is 11.9 Å². The summed E-state index contributed by atoms with van der Waals surface area (Å²) in [4.78, 5) is 51.1. The Morgan fingerprint density at radius 1 is 1.21 bits per heavy atom. The number of hydrogen-bond donors (Lipinski definition) is 3. The molecule has 1 saturated heterocycles. The van der Waals surface area contributed by atoms with Crippen molar-refractivity contribution in [3.8, 4) is 0 Å². The van der Waals surface area contributed by atoms with Gasteiger partial charge >= 0.3 is 6.03 Å². The number of aryl methyl sites for hydroxylation is 1. The SMILES string of the molecule is NC(=O)c1ccc(NC(=O)CN2C(=O)N[C@@]3(CCCc4sccc43)C2=O)cc1. The number of imide groups is 1. The molecule has 2 heterocycles. The number of nitrogens with one attached hydrogen (secondary N) is 2. The summed E-state index contributed by atoms with van der Waals surface area (Å²) >= 11 is 1.58. The molecule has 0 bridgehead atoms. The first-order chi connectivity index (χ1) is 13.4. The molecule has 8 nitrogen and oxygen atoms in total. The van der Waals surface area contributed by atoms with Crippen LogP contribution in [0.4, 0.5) is 10.5 Å². The Morgan fingerprint density at radius 2 is 1.96 bits per heavy atom.